The molecular weight excluding hydrogens is 281 g/mol. The van der Waals surface area contributed by atoms with Crippen LogP contribution in [0.3, 0.4) is 0 Å². The van der Waals surface area contributed by atoms with Gasteiger partial charge in [0, 0.05) is 11.6 Å². The van der Waals surface area contributed by atoms with Gasteiger partial charge in [-0.1, -0.05) is 12.1 Å². The second-order valence-corrected chi connectivity index (χ2v) is 7.44. The number of rotatable bonds is 5. The van der Waals surface area contributed by atoms with Gasteiger partial charge in [-0.3, -0.25) is 0 Å². The molecule has 0 spiro atoms. The molecule has 112 valence electrons. The zero-order chi connectivity index (χ0) is 14.8. The van der Waals surface area contributed by atoms with Crippen LogP contribution in [0.25, 0.3) is 0 Å². The zero-order valence-corrected chi connectivity index (χ0v) is 12.5. The molecule has 1 aliphatic rings. The SMILES string of the molecule is CNC(CC1CCS(=O)(=O)C1)c1cccc(OC)c1F. The lowest BCUT2D eigenvalue weighted by Gasteiger charge is -2.21. The Morgan fingerprint density at radius 2 is 2.25 bits per heavy atom. The number of halogens is 1. The highest BCUT2D eigenvalue weighted by Gasteiger charge is 2.30. The first-order valence-corrected chi connectivity index (χ1v) is 8.49. The fourth-order valence-corrected chi connectivity index (χ4v) is 4.63. The molecule has 1 aromatic rings. The van der Waals surface area contributed by atoms with Gasteiger partial charge in [0.15, 0.2) is 21.4 Å². The van der Waals surface area contributed by atoms with E-state index in [1.807, 2.05) is 0 Å². The van der Waals surface area contributed by atoms with Gasteiger partial charge in [0.05, 0.1) is 18.6 Å². The molecule has 1 aromatic carbocycles. The highest BCUT2D eigenvalue weighted by atomic mass is 32.2. The van der Waals surface area contributed by atoms with Crippen molar-refractivity contribution in [3.05, 3.63) is 29.6 Å². The lowest BCUT2D eigenvalue weighted by Crippen LogP contribution is -2.21. The summed E-state index contributed by atoms with van der Waals surface area (Å²) >= 11 is 0. The lowest BCUT2D eigenvalue weighted by atomic mass is 9.94. The fraction of sp³-hybridized carbons (Fsp3) is 0.571. The van der Waals surface area contributed by atoms with Crippen LogP contribution in [0, 0.1) is 11.7 Å². The summed E-state index contributed by atoms with van der Waals surface area (Å²) in [5.74, 6) is 0.367. The molecule has 2 atom stereocenters. The molecule has 0 radical (unpaired) electrons. The van der Waals surface area contributed by atoms with Crippen LogP contribution in [0.5, 0.6) is 5.75 Å². The Kier molecular flexibility index (Phi) is 4.65. The summed E-state index contributed by atoms with van der Waals surface area (Å²) < 4.78 is 42.2. The van der Waals surface area contributed by atoms with Gasteiger partial charge in [-0.15, -0.1) is 0 Å². The summed E-state index contributed by atoms with van der Waals surface area (Å²) in [6, 6.07) is 4.82. The number of hydrogen-bond acceptors (Lipinski definition) is 4. The van der Waals surface area contributed by atoms with Crippen molar-refractivity contribution in [3.63, 3.8) is 0 Å². The Morgan fingerprint density at radius 1 is 1.50 bits per heavy atom. The van der Waals surface area contributed by atoms with Gasteiger partial charge in [-0.05, 0) is 31.9 Å². The Labute approximate surface area is 119 Å². The minimum atomic E-state index is -2.90. The number of nitrogens with one attached hydrogen (secondary N) is 1. The van der Waals surface area contributed by atoms with Crippen LogP contribution in [0.2, 0.25) is 0 Å². The molecule has 0 aliphatic carbocycles. The second-order valence-electron chi connectivity index (χ2n) is 5.21. The van der Waals surface area contributed by atoms with E-state index in [1.54, 1.807) is 25.2 Å². The highest BCUT2D eigenvalue weighted by Crippen LogP contribution is 2.32. The standard InChI is InChI=1S/C14H20FNO3S/c1-16-12(8-10-6-7-20(17,18)9-10)11-4-3-5-13(19-2)14(11)15/h3-5,10,12,16H,6-9H2,1-2H3. The smallest absolute Gasteiger partial charge is 0.169 e. The first kappa shape index (κ1) is 15.3. The van der Waals surface area contributed by atoms with Gasteiger partial charge in [-0.2, -0.15) is 0 Å². The maximum absolute atomic E-state index is 14.3. The number of ether oxygens (including phenoxy) is 1. The summed E-state index contributed by atoms with van der Waals surface area (Å²) in [6.07, 6.45) is 1.27. The van der Waals surface area contributed by atoms with E-state index in [-0.39, 0.29) is 35.0 Å². The maximum Gasteiger partial charge on any atom is 0.169 e. The molecule has 1 heterocycles. The molecule has 2 rings (SSSR count). The highest BCUT2D eigenvalue weighted by molar-refractivity contribution is 7.91. The van der Waals surface area contributed by atoms with E-state index in [0.717, 1.165) is 0 Å². The molecule has 1 aliphatic heterocycles. The van der Waals surface area contributed by atoms with E-state index < -0.39 is 9.84 Å². The van der Waals surface area contributed by atoms with Crippen molar-refractivity contribution in [3.8, 4) is 5.75 Å². The average Bonchev–Trinajstić information content (AvgIpc) is 2.76. The molecule has 1 N–H and O–H groups in total. The molecule has 1 fully saturated rings. The van der Waals surface area contributed by atoms with Gasteiger partial charge in [-0.25, -0.2) is 12.8 Å². The number of sulfone groups is 1. The summed E-state index contributed by atoms with van der Waals surface area (Å²) in [5, 5.41) is 3.07. The molecule has 6 heteroatoms. The van der Waals surface area contributed by atoms with Crippen LogP contribution >= 0.6 is 0 Å². The third-order valence-corrected chi connectivity index (χ3v) is 5.67. The molecule has 0 amide bonds. The molecule has 0 saturated carbocycles. The van der Waals surface area contributed by atoms with Gasteiger partial charge >= 0.3 is 0 Å². The summed E-state index contributed by atoms with van der Waals surface area (Å²) in [5.41, 5.74) is 0.524. The predicted molar refractivity (Wildman–Crippen MR) is 76.1 cm³/mol. The molecule has 1 saturated heterocycles. The van der Waals surface area contributed by atoms with Crippen molar-refractivity contribution < 1.29 is 17.5 Å². The third-order valence-electron chi connectivity index (χ3n) is 3.83. The lowest BCUT2D eigenvalue weighted by molar-refractivity contribution is 0.373. The molecular formula is C14H20FNO3S. The van der Waals surface area contributed by atoms with Crippen LogP contribution in [-0.2, 0) is 9.84 Å². The Balaban J connectivity index is 2.17. The summed E-state index contributed by atoms with van der Waals surface area (Å²) in [6.45, 7) is 0. The average molecular weight is 301 g/mol. The van der Waals surface area contributed by atoms with Gasteiger partial charge in [0.2, 0.25) is 0 Å². The molecule has 0 bridgehead atoms. The first-order chi connectivity index (χ1) is 9.46. The van der Waals surface area contributed by atoms with Crippen LogP contribution < -0.4 is 10.1 Å². The van der Waals surface area contributed by atoms with Crippen LogP contribution in [-0.4, -0.2) is 34.1 Å². The maximum atomic E-state index is 14.3. The number of methoxy groups -OCH3 is 1. The predicted octanol–water partition coefficient (Wildman–Crippen LogP) is 1.92. The summed E-state index contributed by atoms with van der Waals surface area (Å²) in [4.78, 5) is 0. The van der Waals surface area contributed by atoms with E-state index in [1.165, 1.54) is 7.11 Å². The van der Waals surface area contributed by atoms with Gasteiger partial charge in [0.25, 0.3) is 0 Å². The Hall–Kier alpha value is -1.14. The Morgan fingerprint density at radius 3 is 2.80 bits per heavy atom. The van der Waals surface area contributed by atoms with Crippen molar-refractivity contribution in [1.29, 1.82) is 0 Å². The molecule has 4 nitrogen and oxygen atoms in total. The van der Waals surface area contributed by atoms with Gasteiger partial charge in [0.1, 0.15) is 0 Å². The number of hydrogen-bond donors (Lipinski definition) is 1. The monoisotopic (exact) mass is 301 g/mol. The van der Waals surface area contributed by atoms with Crippen molar-refractivity contribution in [2.75, 3.05) is 25.7 Å². The minimum absolute atomic E-state index is 0.0862. The van der Waals surface area contributed by atoms with Crippen LogP contribution in [0.4, 0.5) is 4.39 Å². The van der Waals surface area contributed by atoms with E-state index >= 15 is 0 Å². The minimum Gasteiger partial charge on any atom is -0.494 e. The van der Waals surface area contributed by atoms with Crippen molar-refractivity contribution >= 4 is 9.84 Å². The van der Waals surface area contributed by atoms with Crippen LogP contribution in [0.15, 0.2) is 18.2 Å². The molecule has 2 unspecified atom stereocenters. The summed E-state index contributed by atoms with van der Waals surface area (Å²) in [7, 11) is 0.287. The third kappa shape index (κ3) is 3.30. The quantitative estimate of drug-likeness (QED) is 0.903. The van der Waals surface area contributed by atoms with Crippen molar-refractivity contribution in [2.45, 2.75) is 18.9 Å². The molecule has 0 aromatic heterocycles. The van der Waals surface area contributed by atoms with E-state index in [9.17, 15) is 12.8 Å². The van der Waals surface area contributed by atoms with E-state index in [0.29, 0.717) is 18.4 Å². The second kappa shape index (κ2) is 6.10. The van der Waals surface area contributed by atoms with Crippen molar-refractivity contribution in [1.82, 2.24) is 5.32 Å². The van der Waals surface area contributed by atoms with Crippen molar-refractivity contribution in [2.24, 2.45) is 5.92 Å². The van der Waals surface area contributed by atoms with Gasteiger partial charge < -0.3 is 10.1 Å². The molecule has 20 heavy (non-hydrogen) atoms. The topological polar surface area (TPSA) is 55.4 Å². The largest absolute Gasteiger partial charge is 0.494 e. The van der Waals surface area contributed by atoms with E-state index in [2.05, 4.69) is 5.32 Å². The Bertz CT molecular complexity index is 574. The van der Waals surface area contributed by atoms with Crippen LogP contribution in [0.1, 0.15) is 24.4 Å². The normalized spacial score (nSPS) is 22.6. The fourth-order valence-electron chi connectivity index (χ4n) is 2.75. The zero-order valence-electron chi connectivity index (χ0n) is 11.7. The van der Waals surface area contributed by atoms with E-state index in [4.69, 9.17) is 4.74 Å². The number of benzene rings is 1. The first-order valence-electron chi connectivity index (χ1n) is 6.67.